The van der Waals surface area contributed by atoms with E-state index in [1.54, 1.807) is 0 Å². The number of hydrogen-bond donors (Lipinski definition) is 0. The van der Waals surface area contributed by atoms with Gasteiger partial charge in [-0.1, -0.05) is 19.4 Å². The van der Waals surface area contributed by atoms with Crippen molar-refractivity contribution in [1.29, 1.82) is 0 Å². The van der Waals surface area contributed by atoms with Crippen molar-refractivity contribution in [3.63, 3.8) is 0 Å². The molecule has 116 valence electrons. The molecule has 0 aliphatic rings. The van der Waals surface area contributed by atoms with E-state index in [0.29, 0.717) is 0 Å². The van der Waals surface area contributed by atoms with Crippen LogP contribution >= 0.6 is 0 Å². The van der Waals surface area contributed by atoms with E-state index in [-0.39, 0.29) is 24.0 Å². The van der Waals surface area contributed by atoms with Gasteiger partial charge in [0.05, 0.1) is 12.3 Å². The number of aryl methyl sites for hydroxylation is 1. The highest BCUT2D eigenvalue weighted by Crippen LogP contribution is 2.23. The molecule has 4 heteroatoms. The van der Waals surface area contributed by atoms with Gasteiger partial charge in [-0.25, -0.2) is 4.98 Å². The van der Waals surface area contributed by atoms with Gasteiger partial charge in [0.15, 0.2) is 0 Å². The van der Waals surface area contributed by atoms with Crippen LogP contribution in [0, 0.1) is 6.92 Å². The Balaban J connectivity index is 0.00000176. The van der Waals surface area contributed by atoms with Crippen LogP contribution in [-0.2, 0) is 0 Å². The van der Waals surface area contributed by atoms with Gasteiger partial charge in [0.25, 0.3) is 0 Å². The van der Waals surface area contributed by atoms with E-state index >= 15 is 0 Å². The second kappa shape index (κ2) is 7.63. The summed E-state index contributed by atoms with van der Waals surface area (Å²) >= 11 is 0. The van der Waals surface area contributed by atoms with Crippen molar-refractivity contribution in [1.82, 2.24) is 9.38 Å². The topological polar surface area (TPSA) is 26.5 Å². The summed E-state index contributed by atoms with van der Waals surface area (Å²) in [5.41, 5.74) is 4.27. The monoisotopic (exact) mass is 407 g/mol. The molecule has 3 aromatic rings. The van der Waals surface area contributed by atoms with Crippen LogP contribution < -0.4 is 28.7 Å². The molecule has 0 atom stereocenters. The third-order valence-corrected chi connectivity index (χ3v) is 3.61. The first-order chi connectivity index (χ1) is 10.3. The molecule has 0 N–H and O–H groups in total. The minimum Gasteiger partial charge on any atom is -1.00 e. The average Bonchev–Trinajstić information content (AvgIpc) is 2.94. The first kappa shape index (κ1) is 16.8. The first-order valence-corrected chi connectivity index (χ1v) is 7.46. The molecule has 2 heterocycles. The van der Waals surface area contributed by atoms with Gasteiger partial charge in [-0.05, 0) is 49.7 Å². The lowest BCUT2D eigenvalue weighted by molar-refractivity contribution is -0.00000497. The summed E-state index contributed by atoms with van der Waals surface area (Å²) in [4.78, 5) is 4.67. The number of nitrogens with zero attached hydrogens (tertiary/aromatic N) is 2. The molecule has 0 aliphatic carbocycles. The molecule has 3 nitrogen and oxygen atoms in total. The lowest BCUT2D eigenvalue weighted by Crippen LogP contribution is -3.00. The van der Waals surface area contributed by atoms with Crippen molar-refractivity contribution in [2.45, 2.75) is 26.7 Å². The summed E-state index contributed by atoms with van der Waals surface area (Å²) in [6.45, 7) is 5.03. The lowest BCUT2D eigenvalue weighted by Gasteiger charge is -2.05. The molecule has 0 saturated heterocycles. The van der Waals surface area contributed by atoms with Gasteiger partial charge in [0.2, 0.25) is 0 Å². The summed E-state index contributed by atoms with van der Waals surface area (Å²) in [5.74, 6) is 0.923. The Labute approximate surface area is 148 Å². The van der Waals surface area contributed by atoms with Gasteiger partial charge >= 0.3 is 0 Å². The van der Waals surface area contributed by atoms with Gasteiger partial charge in [-0.2, -0.15) is 0 Å². The van der Waals surface area contributed by atoms with E-state index in [9.17, 15) is 0 Å². The van der Waals surface area contributed by atoms with Crippen LogP contribution in [0.15, 0.2) is 48.7 Å². The Morgan fingerprint density at radius 3 is 2.55 bits per heavy atom. The molecule has 2 aromatic heterocycles. The van der Waals surface area contributed by atoms with E-state index in [1.165, 1.54) is 5.69 Å². The van der Waals surface area contributed by atoms with Crippen molar-refractivity contribution in [2.75, 3.05) is 6.61 Å². The van der Waals surface area contributed by atoms with E-state index in [0.717, 1.165) is 42.1 Å². The molecule has 0 amide bonds. The van der Waals surface area contributed by atoms with Crippen molar-refractivity contribution >= 4 is 5.65 Å². The maximum absolute atomic E-state index is 5.69. The number of benzene rings is 1. The maximum atomic E-state index is 5.69. The Morgan fingerprint density at radius 2 is 1.86 bits per heavy atom. The fraction of sp³-hybridized carbons (Fsp3) is 0.278. The van der Waals surface area contributed by atoms with Crippen LogP contribution in [0.4, 0.5) is 0 Å². The third-order valence-electron chi connectivity index (χ3n) is 3.61. The van der Waals surface area contributed by atoms with Crippen LogP contribution in [0.5, 0.6) is 5.75 Å². The maximum Gasteiger partial charge on any atom is 0.137 e. The molecule has 0 spiro atoms. The number of halogens is 1. The average molecular weight is 407 g/mol. The van der Waals surface area contributed by atoms with Crippen molar-refractivity contribution in [3.8, 4) is 17.0 Å². The van der Waals surface area contributed by atoms with E-state index in [4.69, 9.17) is 4.74 Å². The molecule has 0 bridgehead atoms. The van der Waals surface area contributed by atoms with Crippen molar-refractivity contribution in [3.05, 3.63) is 54.4 Å². The summed E-state index contributed by atoms with van der Waals surface area (Å²) in [7, 11) is 0. The molecule has 0 fully saturated rings. The highest BCUT2D eigenvalue weighted by Gasteiger charge is 2.05. The van der Waals surface area contributed by atoms with Crippen LogP contribution in [0.1, 0.15) is 25.5 Å². The predicted octanol–water partition coefficient (Wildman–Crippen LogP) is 1.49. The number of ether oxygens (including phenoxy) is 1. The number of hydrogen-bond acceptors (Lipinski definition) is 2. The lowest BCUT2D eigenvalue weighted by atomic mass is 10.1. The van der Waals surface area contributed by atoms with Crippen LogP contribution in [-0.4, -0.2) is 16.0 Å². The number of unbranched alkanes of at least 4 members (excludes halogenated alkanes) is 1. The van der Waals surface area contributed by atoms with Crippen molar-refractivity contribution in [2.24, 2.45) is 0 Å². The van der Waals surface area contributed by atoms with Crippen molar-refractivity contribution < 1.29 is 28.7 Å². The first-order valence-electron chi connectivity index (χ1n) is 7.46. The Bertz CT molecular complexity index is 734. The van der Waals surface area contributed by atoms with Gasteiger partial charge in [0.1, 0.15) is 11.4 Å². The summed E-state index contributed by atoms with van der Waals surface area (Å²) in [6.07, 6.45) is 4.32. The summed E-state index contributed by atoms with van der Waals surface area (Å²) in [5, 5.41) is 0. The molecule has 1 aromatic carbocycles. The largest absolute Gasteiger partial charge is 1.00 e. The summed E-state index contributed by atoms with van der Waals surface area (Å²) in [6, 6.07) is 14.3. The highest BCUT2D eigenvalue weighted by molar-refractivity contribution is 5.63. The Kier molecular flexibility index (Phi) is 5.83. The third kappa shape index (κ3) is 3.61. The number of pyridine rings is 1. The number of rotatable bonds is 5. The van der Waals surface area contributed by atoms with Gasteiger partial charge in [0, 0.05) is 17.5 Å². The Morgan fingerprint density at radius 1 is 1.09 bits per heavy atom. The predicted molar refractivity (Wildman–Crippen MR) is 85.8 cm³/mol. The quantitative estimate of drug-likeness (QED) is 0.474. The molecular weight excluding hydrogens is 387 g/mol. The number of imidazole rings is 1. The zero-order valence-electron chi connectivity index (χ0n) is 12.9. The van der Waals surface area contributed by atoms with E-state index in [1.807, 2.05) is 24.3 Å². The normalized spacial score (nSPS) is 10.5. The molecule has 3 rings (SSSR count). The highest BCUT2D eigenvalue weighted by atomic mass is 127. The molecular formula is C18H20IN2O-. The molecule has 0 aliphatic heterocycles. The number of aromatic nitrogens is 2. The SMILES string of the molecule is CCCCOc1ccc(-c2cn3c(C)cccc3n2)cc1.[I-]. The second-order valence-electron chi connectivity index (χ2n) is 5.25. The van der Waals surface area contributed by atoms with E-state index < -0.39 is 0 Å². The van der Waals surface area contributed by atoms with Gasteiger partial charge < -0.3 is 33.1 Å². The molecule has 0 unspecified atom stereocenters. The zero-order valence-corrected chi connectivity index (χ0v) is 15.1. The smallest absolute Gasteiger partial charge is 0.137 e. The molecule has 0 saturated carbocycles. The fourth-order valence-corrected chi connectivity index (χ4v) is 2.34. The van der Waals surface area contributed by atoms with Crippen LogP contribution in [0.2, 0.25) is 0 Å². The van der Waals surface area contributed by atoms with Crippen LogP contribution in [0.25, 0.3) is 16.9 Å². The van der Waals surface area contributed by atoms with Gasteiger partial charge in [-0.3, -0.25) is 0 Å². The second-order valence-corrected chi connectivity index (χ2v) is 5.25. The minimum absolute atomic E-state index is 0. The number of fused-ring (bicyclic) bond motifs is 1. The molecule has 0 radical (unpaired) electrons. The standard InChI is InChI=1S/C18H20N2O.HI/c1-3-4-12-21-16-10-8-15(9-11-16)17-13-20-14(2)6-5-7-18(20)19-17;/h5-11,13H,3-4,12H2,1-2H3;1H/p-1. The van der Waals surface area contributed by atoms with Crippen LogP contribution in [0.3, 0.4) is 0 Å². The zero-order chi connectivity index (χ0) is 14.7. The Hall–Kier alpha value is -1.56. The fourth-order valence-electron chi connectivity index (χ4n) is 2.34. The molecule has 22 heavy (non-hydrogen) atoms. The van der Waals surface area contributed by atoms with Gasteiger partial charge in [-0.15, -0.1) is 0 Å². The summed E-state index contributed by atoms with van der Waals surface area (Å²) < 4.78 is 7.80. The minimum atomic E-state index is 0. The van der Waals surface area contributed by atoms with E-state index in [2.05, 4.69) is 47.6 Å².